The van der Waals surface area contributed by atoms with Crippen molar-refractivity contribution in [3.63, 3.8) is 0 Å². The maximum absolute atomic E-state index is 5.74. The summed E-state index contributed by atoms with van der Waals surface area (Å²) in [4.78, 5) is 6.78. The quantitative estimate of drug-likeness (QED) is 0.795. The Bertz CT molecular complexity index is 501. The van der Waals surface area contributed by atoms with Crippen LogP contribution in [0.4, 0.5) is 5.69 Å². The number of thiocarbonyl (C=S) groups is 1. The van der Waals surface area contributed by atoms with Crippen molar-refractivity contribution in [3.8, 4) is 5.75 Å². The summed E-state index contributed by atoms with van der Waals surface area (Å²) in [6.45, 7) is 8.38. The van der Waals surface area contributed by atoms with Gasteiger partial charge in [0.1, 0.15) is 5.75 Å². The Hall–Kier alpha value is -1.53. The summed E-state index contributed by atoms with van der Waals surface area (Å²) in [6, 6.07) is 8.26. The van der Waals surface area contributed by atoms with Gasteiger partial charge in [0.15, 0.2) is 5.11 Å². The van der Waals surface area contributed by atoms with E-state index in [2.05, 4.69) is 46.2 Å². The molecule has 1 aromatic carbocycles. The highest BCUT2D eigenvalue weighted by molar-refractivity contribution is 7.80. The van der Waals surface area contributed by atoms with E-state index in [4.69, 9.17) is 17.0 Å². The van der Waals surface area contributed by atoms with Gasteiger partial charge < -0.3 is 24.8 Å². The average molecular weight is 337 g/mol. The smallest absolute Gasteiger partial charge is 0.169 e. The fraction of sp³-hybridized carbons (Fsp3) is 0.588. The number of benzene rings is 1. The molecule has 5 nitrogen and oxygen atoms in total. The van der Waals surface area contributed by atoms with E-state index in [0.29, 0.717) is 6.61 Å². The van der Waals surface area contributed by atoms with E-state index >= 15 is 0 Å². The van der Waals surface area contributed by atoms with Crippen LogP contribution in [0.3, 0.4) is 0 Å². The van der Waals surface area contributed by atoms with Crippen molar-refractivity contribution in [1.29, 1.82) is 0 Å². The topological polar surface area (TPSA) is 31.0 Å². The molecule has 0 aliphatic carbocycles. The highest BCUT2D eigenvalue weighted by Gasteiger charge is 2.20. The number of anilines is 1. The van der Waals surface area contributed by atoms with Crippen molar-refractivity contribution in [2.45, 2.75) is 6.92 Å². The third kappa shape index (κ3) is 5.25. The molecule has 1 fully saturated rings. The molecule has 0 bridgehead atoms. The second-order valence-electron chi connectivity index (χ2n) is 5.91. The molecule has 23 heavy (non-hydrogen) atoms. The van der Waals surface area contributed by atoms with E-state index in [0.717, 1.165) is 50.1 Å². The first-order valence-electron chi connectivity index (χ1n) is 8.26. The molecule has 0 unspecified atom stereocenters. The molecule has 128 valence electrons. The zero-order chi connectivity index (χ0) is 16.7. The Labute approximate surface area is 145 Å². The maximum atomic E-state index is 5.74. The van der Waals surface area contributed by atoms with Gasteiger partial charge >= 0.3 is 0 Å². The molecular weight excluding hydrogens is 308 g/mol. The lowest BCUT2D eigenvalue weighted by Gasteiger charge is -2.38. The van der Waals surface area contributed by atoms with Crippen LogP contribution in [0.2, 0.25) is 0 Å². The molecule has 6 heteroatoms. The van der Waals surface area contributed by atoms with Crippen LogP contribution in [0.25, 0.3) is 0 Å². The minimum atomic E-state index is 0.691. The van der Waals surface area contributed by atoms with Gasteiger partial charge in [-0.15, -0.1) is 0 Å². The lowest BCUT2D eigenvalue weighted by molar-refractivity contribution is 0.335. The van der Waals surface area contributed by atoms with E-state index in [-0.39, 0.29) is 0 Å². The van der Waals surface area contributed by atoms with Gasteiger partial charge in [-0.2, -0.15) is 0 Å². The van der Waals surface area contributed by atoms with Crippen molar-refractivity contribution in [2.24, 2.45) is 0 Å². The van der Waals surface area contributed by atoms with Crippen LogP contribution < -0.4 is 15.0 Å². The van der Waals surface area contributed by atoms with Gasteiger partial charge in [-0.25, -0.2) is 0 Å². The lowest BCUT2D eigenvalue weighted by Crippen LogP contribution is -2.52. The summed E-state index contributed by atoms with van der Waals surface area (Å²) >= 11 is 5.50. The number of nitrogens with one attached hydrogen (secondary N) is 1. The Kier molecular flexibility index (Phi) is 6.92. The fourth-order valence-corrected chi connectivity index (χ4v) is 2.93. The van der Waals surface area contributed by atoms with Crippen LogP contribution >= 0.6 is 12.2 Å². The van der Waals surface area contributed by atoms with E-state index in [1.807, 2.05) is 19.1 Å². The maximum Gasteiger partial charge on any atom is 0.169 e. The lowest BCUT2D eigenvalue weighted by atomic mass is 10.2. The molecule has 0 aromatic heterocycles. The van der Waals surface area contributed by atoms with Gasteiger partial charge in [0.2, 0.25) is 0 Å². The van der Waals surface area contributed by atoms with Crippen molar-refractivity contribution < 1.29 is 4.74 Å². The Morgan fingerprint density at radius 1 is 1.22 bits per heavy atom. The van der Waals surface area contributed by atoms with Crippen LogP contribution in [0.15, 0.2) is 24.3 Å². The summed E-state index contributed by atoms with van der Waals surface area (Å²) < 4.78 is 5.74. The number of likely N-dealkylation sites (N-methyl/N-ethyl adjacent to an activating group) is 1. The highest BCUT2D eigenvalue weighted by Crippen LogP contribution is 2.28. The molecular formula is C17H28N4OS. The second kappa shape index (κ2) is 8.93. The zero-order valence-electron chi connectivity index (χ0n) is 14.4. The van der Waals surface area contributed by atoms with E-state index in [1.54, 1.807) is 0 Å². The minimum absolute atomic E-state index is 0.691. The van der Waals surface area contributed by atoms with Crippen LogP contribution in [0.1, 0.15) is 6.92 Å². The van der Waals surface area contributed by atoms with Gasteiger partial charge in [-0.3, -0.25) is 0 Å². The first-order chi connectivity index (χ1) is 11.1. The van der Waals surface area contributed by atoms with Crippen LogP contribution in [-0.4, -0.2) is 74.9 Å². The van der Waals surface area contributed by atoms with Crippen LogP contribution in [0, 0.1) is 0 Å². The molecule has 1 N–H and O–H groups in total. The summed E-state index contributed by atoms with van der Waals surface area (Å²) in [5.41, 5.74) is 1.18. The molecule has 1 aliphatic rings. The molecule has 0 atom stereocenters. The third-order valence-electron chi connectivity index (χ3n) is 3.91. The van der Waals surface area contributed by atoms with Crippen LogP contribution in [0.5, 0.6) is 5.75 Å². The number of piperazine rings is 1. The van der Waals surface area contributed by atoms with Gasteiger partial charge in [0, 0.05) is 39.3 Å². The molecule has 2 rings (SSSR count). The minimum Gasteiger partial charge on any atom is -0.492 e. The SMILES string of the molecule is CCOc1ccccc1N1CCN(C(=S)NCCN(C)C)CC1. The summed E-state index contributed by atoms with van der Waals surface area (Å²) in [7, 11) is 4.14. The molecule has 0 amide bonds. The zero-order valence-corrected chi connectivity index (χ0v) is 15.2. The fourth-order valence-electron chi connectivity index (χ4n) is 2.64. The highest BCUT2D eigenvalue weighted by atomic mass is 32.1. The largest absolute Gasteiger partial charge is 0.492 e. The molecule has 1 saturated heterocycles. The molecule has 1 aliphatic heterocycles. The molecule has 0 spiro atoms. The van der Waals surface area contributed by atoms with E-state index in [9.17, 15) is 0 Å². The Morgan fingerprint density at radius 3 is 2.57 bits per heavy atom. The number of ether oxygens (including phenoxy) is 1. The summed E-state index contributed by atoms with van der Waals surface area (Å²) in [5, 5.41) is 4.21. The number of para-hydroxylation sites is 2. The molecule has 1 aromatic rings. The Balaban J connectivity index is 1.85. The summed E-state index contributed by atoms with van der Waals surface area (Å²) in [5.74, 6) is 0.968. The van der Waals surface area contributed by atoms with Gasteiger partial charge in [0.25, 0.3) is 0 Å². The van der Waals surface area contributed by atoms with Crippen molar-refractivity contribution in [1.82, 2.24) is 15.1 Å². The van der Waals surface area contributed by atoms with E-state index < -0.39 is 0 Å². The molecule has 0 radical (unpaired) electrons. The van der Waals surface area contributed by atoms with Gasteiger partial charge in [0.05, 0.1) is 12.3 Å². The number of rotatable bonds is 6. The molecule has 1 heterocycles. The monoisotopic (exact) mass is 336 g/mol. The second-order valence-corrected chi connectivity index (χ2v) is 6.30. The number of hydrogen-bond donors (Lipinski definition) is 1. The van der Waals surface area contributed by atoms with Gasteiger partial charge in [-0.1, -0.05) is 12.1 Å². The summed E-state index contributed by atoms with van der Waals surface area (Å²) in [6.07, 6.45) is 0. The first kappa shape index (κ1) is 17.8. The predicted octanol–water partition coefficient (Wildman–Crippen LogP) is 1.64. The van der Waals surface area contributed by atoms with Gasteiger partial charge in [-0.05, 0) is 45.4 Å². The van der Waals surface area contributed by atoms with E-state index in [1.165, 1.54) is 5.69 Å². The standard InChI is InChI=1S/C17H28N4OS/c1-4-22-16-8-6-5-7-15(16)20-11-13-21(14-12-20)17(23)18-9-10-19(2)3/h5-8H,4,9-14H2,1-3H3,(H,18,23). The Morgan fingerprint density at radius 2 is 1.91 bits per heavy atom. The number of nitrogens with zero attached hydrogens (tertiary/aromatic N) is 3. The predicted molar refractivity (Wildman–Crippen MR) is 101 cm³/mol. The normalized spacial score (nSPS) is 15.0. The average Bonchev–Trinajstić information content (AvgIpc) is 2.55. The van der Waals surface area contributed by atoms with Crippen molar-refractivity contribution in [3.05, 3.63) is 24.3 Å². The van der Waals surface area contributed by atoms with Crippen LogP contribution in [-0.2, 0) is 0 Å². The first-order valence-corrected chi connectivity index (χ1v) is 8.67. The third-order valence-corrected chi connectivity index (χ3v) is 4.31. The molecule has 0 saturated carbocycles. The van der Waals surface area contributed by atoms with Crippen molar-refractivity contribution >= 4 is 23.0 Å². The van der Waals surface area contributed by atoms with Crippen molar-refractivity contribution in [2.75, 3.05) is 64.9 Å². The number of hydrogen-bond acceptors (Lipinski definition) is 4.